The number of amides is 2. The third-order valence-electron chi connectivity index (χ3n) is 2.99. The zero-order valence-electron chi connectivity index (χ0n) is 12.2. The van der Waals surface area contributed by atoms with Crippen LogP contribution in [0.3, 0.4) is 0 Å². The highest BCUT2D eigenvalue weighted by molar-refractivity contribution is 6.34. The van der Waals surface area contributed by atoms with Gasteiger partial charge in [0.2, 0.25) is 5.91 Å². The van der Waals surface area contributed by atoms with Crippen LogP contribution >= 0.6 is 11.6 Å². The molecule has 1 aromatic carbocycles. The molecule has 110 valence electrons. The van der Waals surface area contributed by atoms with Gasteiger partial charge in [-0.25, -0.2) is 0 Å². The molecular weight excluding hydrogens is 278 g/mol. The summed E-state index contributed by atoms with van der Waals surface area (Å²) in [6.45, 7) is 3.70. The maximum atomic E-state index is 12.1. The lowest BCUT2D eigenvalue weighted by Crippen LogP contribution is -2.37. The minimum Gasteiger partial charge on any atom is -0.345 e. The number of hydrogen-bond acceptors (Lipinski definition) is 3. The minimum absolute atomic E-state index is 0.157. The Kier molecular flexibility index (Phi) is 5.14. The van der Waals surface area contributed by atoms with Crippen molar-refractivity contribution in [3.8, 4) is 0 Å². The van der Waals surface area contributed by atoms with E-state index in [2.05, 4.69) is 5.32 Å². The van der Waals surface area contributed by atoms with Crippen molar-refractivity contribution in [1.29, 1.82) is 0 Å². The normalized spacial score (nSPS) is 11.1. The van der Waals surface area contributed by atoms with E-state index in [4.69, 9.17) is 17.3 Å². The first kappa shape index (κ1) is 16.5. The summed E-state index contributed by atoms with van der Waals surface area (Å²) in [7, 11) is 3.32. The van der Waals surface area contributed by atoms with Gasteiger partial charge < -0.3 is 16.0 Å². The molecule has 0 heterocycles. The monoisotopic (exact) mass is 297 g/mol. The third-order valence-corrected chi connectivity index (χ3v) is 3.32. The van der Waals surface area contributed by atoms with E-state index >= 15 is 0 Å². The van der Waals surface area contributed by atoms with Crippen molar-refractivity contribution in [2.75, 3.05) is 26.0 Å². The third kappa shape index (κ3) is 3.71. The van der Waals surface area contributed by atoms with Crippen molar-refractivity contribution in [3.05, 3.63) is 28.8 Å². The number of halogens is 1. The van der Waals surface area contributed by atoms with Gasteiger partial charge in [0.05, 0.1) is 16.1 Å². The molecule has 1 rings (SSSR count). The van der Waals surface area contributed by atoms with Gasteiger partial charge in [-0.2, -0.15) is 0 Å². The Balaban J connectivity index is 3.04. The number of nitrogens with zero attached hydrogens (tertiary/aromatic N) is 1. The summed E-state index contributed by atoms with van der Waals surface area (Å²) >= 11 is 6.05. The van der Waals surface area contributed by atoms with Crippen molar-refractivity contribution in [2.24, 2.45) is 11.1 Å². The molecule has 20 heavy (non-hydrogen) atoms. The van der Waals surface area contributed by atoms with E-state index in [9.17, 15) is 9.59 Å². The standard InChI is InChI=1S/C14H20ClN3O2/c1-14(2,8-16)13(20)17-11-7-9(5-6-10(11)15)12(19)18(3)4/h5-7H,8,16H2,1-4H3,(H,17,20). The summed E-state index contributed by atoms with van der Waals surface area (Å²) in [4.78, 5) is 25.4. The minimum atomic E-state index is -0.703. The highest BCUT2D eigenvalue weighted by Crippen LogP contribution is 2.26. The lowest BCUT2D eigenvalue weighted by Gasteiger charge is -2.22. The Morgan fingerprint density at radius 1 is 1.35 bits per heavy atom. The van der Waals surface area contributed by atoms with Gasteiger partial charge in [-0.05, 0) is 32.0 Å². The highest BCUT2D eigenvalue weighted by Gasteiger charge is 2.26. The Bertz CT molecular complexity index is 527. The Morgan fingerprint density at radius 2 is 1.95 bits per heavy atom. The topological polar surface area (TPSA) is 75.4 Å². The molecule has 0 bridgehead atoms. The molecule has 0 atom stereocenters. The lowest BCUT2D eigenvalue weighted by molar-refractivity contribution is -0.123. The fourth-order valence-corrected chi connectivity index (χ4v) is 1.56. The van der Waals surface area contributed by atoms with Crippen molar-refractivity contribution >= 4 is 29.1 Å². The summed E-state index contributed by atoms with van der Waals surface area (Å²) in [5.41, 5.74) is 5.73. The lowest BCUT2D eigenvalue weighted by atomic mass is 9.92. The molecule has 0 unspecified atom stereocenters. The fraction of sp³-hybridized carbons (Fsp3) is 0.429. The van der Waals surface area contributed by atoms with Crippen molar-refractivity contribution in [3.63, 3.8) is 0 Å². The molecule has 0 radical (unpaired) electrons. The summed E-state index contributed by atoms with van der Waals surface area (Å²) in [6, 6.07) is 4.77. The van der Waals surface area contributed by atoms with E-state index < -0.39 is 5.41 Å². The van der Waals surface area contributed by atoms with Gasteiger partial charge in [-0.15, -0.1) is 0 Å². The van der Waals surface area contributed by atoms with Crippen LogP contribution in [-0.4, -0.2) is 37.4 Å². The van der Waals surface area contributed by atoms with Gasteiger partial charge in [-0.1, -0.05) is 11.6 Å². The van der Waals surface area contributed by atoms with Gasteiger partial charge >= 0.3 is 0 Å². The number of nitrogens with two attached hydrogens (primary N) is 1. The first-order valence-corrected chi connectivity index (χ1v) is 6.59. The van der Waals surface area contributed by atoms with Crippen LogP contribution in [0, 0.1) is 5.41 Å². The second-order valence-electron chi connectivity index (χ2n) is 5.44. The summed E-state index contributed by atoms with van der Waals surface area (Å²) in [6.07, 6.45) is 0. The molecule has 0 fully saturated rings. The number of anilines is 1. The van der Waals surface area contributed by atoms with Crippen molar-refractivity contribution < 1.29 is 9.59 Å². The molecule has 0 aliphatic carbocycles. The molecule has 0 saturated heterocycles. The number of nitrogens with one attached hydrogen (secondary N) is 1. The maximum Gasteiger partial charge on any atom is 0.253 e. The Morgan fingerprint density at radius 3 is 2.45 bits per heavy atom. The first-order valence-electron chi connectivity index (χ1n) is 6.22. The van der Waals surface area contributed by atoms with Gasteiger partial charge in [0.15, 0.2) is 0 Å². The molecular formula is C14H20ClN3O2. The van der Waals surface area contributed by atoms with Gasteiger partial charge in [0.25, 0.3) is 5.91 Å². The molecule has 0 saturated carbocycles. The molecule has 0 aliphatic rings. The smallest absolute Gasteiger partial charge is 0.253 e. The predicted octanol–water partition coefficient (Wildman–Crippen LogP) is 1.97. The van der Waals surface area contributed by atoms with Crippen LogP contribution in [0.5, 0.6) is 0 Å². The van der Waals surface area contributed by atoms with E-state index in [1.54, 1.807) is 46.1 Å². The molecule has 0 aliphatic heterocycles. The number of hydrogen-bond donors (Lipinski definition) is 2. The molecule has 0 spiro atoms. The highest BCUT2D eigenvalue weighted by atomic mass is 35.5. The molecule has 6 heteroatoms. The van der Waals surface area contributed by atoms with Crippen molar-refractivity contribution in [2.45, 2.75) is 13.8 Å². The SMILES string of the molecule is CN(C)C(=O)c1ccc(Cl)c(NC(=O)C(C)(C)CN)c1. The van der Waals surface area contributed by atoms with Crippen LogP contribution in [0.1, 0.15) is 24.2 Å². The average Bonchev–Trinajstić information content (AvgIpc) is 2.40. The van der Waals surface area contributed by atoms with Crippen LogP contribution in [0.15, 0.2) is 18.2 Å². The quantitative estimate of drug-likeness (QED) is 0.892. The second-order valence-corrected chi connectivity index (χ2v) is 5.84. The van der Waals surface area contributed by atoms with Gasteiger partial charge in [0.1, 0.15) is 0 Å². The number of carbonyl (C=O) groups is 2. The zero-order valence-corrected chi connectivity index (χ0v) is 12.9. The van der Waals surface area contributed by atoms with Crippen LogP contribution in [-0.2, 0) is 4.79 Å². The molecule has 0 aromatic heterocycles. The van der Waals surface area contributed by atoms with Gasteiger partial charge in [-0.3, -0.25) is 9.59 Å². The molecule has 1 aromatic rings. The largest absolute Gasteiger partial charge is 0.345 e. The molecule has 2 amide bonds. The predicted molar refractivity (Wildman–Crippen MR) is 80.9 cm³/mol. The number of carbonyl (C=O) groups excluding carboxylic acids is 2. The van der Waals surface area contributed by atoms with E-state index in [0.29, 0.717) is 16.3 Å². The zero-order chi connectivity index (χ0) is 15.5. The van der Waals surface area contributed by atoms with E-state index in [1.165, 1.54) is 4.90 Å². The molecule has 5 nitrogen and oxygen atoms in total. The average molecular weight is 298 g/mol. The van der Waals surface area contributed by atoms with Crippen LogP contribution < -0.4 is 11.1 Å². The van der Waals surface area contributed by atoms with Crippen LogP contribution in [0.4, 0.5) is 5.69 Å². The number of rotatable bonds is 4. The fourth-order valence-electron chi connectivity index (χ4n) is 1.40. The Labute approximate surface area is 124 Å². The maximum absolute atomic E-state index is 12.1. The van der Waals surface area contributed by atoms with E-state index in [-0.39, 0.29) is 18.4 Å². The summed E-state index contributed by atoms with van der Waals surface area (Å²) in [5.74, 6) is -0.397. The Hall–Kier alpha value is -1.59. The van der Waals surface area contributed by atoms with E-state index in [1.807, 2.05) is 0 Å². The summed E-state index contributed by atoms with van der Waals surface area (Å²) in [5, 5.41) is 3.09. The van der Waals surface area contributed by atoms with Crippen molar-refractivity contribution in [1.82, 2.24) is 4.90 Å². The summed E-state index contributed by atoms with van der Waals surface area (Å²) < 4.78 is 0. The van der Waals surface area contributed by atoms with Gasteiger partial charge in [0, 0.05) is 26.2 Å². The second kappa shape index (κ2) is 6.24. The molecule has 3 N–H and O–H groups in total. The number of benzene rings is 1. The van der Waals surface area contributed by atoms with Crippen LogP contribution in [0.25, 0.3) is 0 Å². The first-order chi connectivity index (χ1) is 9.19. The van der Waals surface area contributed by atoms with Crippen LogP contribution in [0.2, 0.25) is 5.02 Å². The van der Waals surface area contributed by atoms with E-state index in [0.717, 1.165) is 0 Å².